The number of nitrogen functional groups attached to an aromatic ring is 1. The molecule has 8 nitrogen and oxygen atoms in total. The maximum atomic E-state index is 8.68. The Bertz CT molecular complexity index is 898. The van der Waals surface area contributed by atoms with Gasteiger partial charge < -0.3 is 24.8 Å². The molecule has 0 aliphatic carbocycles. The molecule has 0 amide bonds. The van der Waals surface area contributed by atoms with Gasteiger partial charge in [-0.15, -0.1) is 0 Å². The number of ether oxygens (including phenoxy) is 3. The molecule has 30 heavy (non-hydrogen) atoms. The van der Waals surface area contributed by atoms with E-state index in [-0.39, 0.29) is 12.0 Å². The van der Waals surface area contributed by atoms with Crippen LogP contribution >= 0.6 is 11.6 Å². The Morgan fingerprint density at radius 2 is 2.17 bits per heavy atom. The van der Waals surface area contributed by atoms with Crippen molar-refractivity contribution < 1.29 is 14.2 Å². The second-order valence-electron chi connectivity index (χ2n) is 7.00. The third kappa shape index (κ3) is 5.23. The molecule has 2 aromatic rings. The number of hydrogen-bond acceptors (Lipinski definition) is 8. The quantitative estimate of drug-likeness (QED) is 0.661. The first-order valence-electron chi connectivity index (χ1n) is 9.86. The van der Waals surface area contributed by atoms with Crippen molar-refractivity contribution in [3.8, 4) is 17.6 Å². The molecule has 1 aliphatic heterocycles. The molecule has 160 valence electrons. The van der Waals surface area contributed by atoms with Gasteiger partial charge in [0.05, 0.1) is 32.4 Å². The van der Waals surface area contributed by atoms with Gasteiger partial charge in [-0.05, 0) is 31.4 Å². The van der Waals surface area contributed by atoms with Gasteiger partial charge in [0.2, 0.25) is 5.95 Å². The molecule has 9 heteroatoms. The smallest absolute Gasteiger partial charge is 0.222 e. The molecule has 0 radical (unpaired) electrons. The number of methoxy groups -OCH3 is 1. The largest absolute Gasteiger partial charge is 0.493 e. The summed E-state index contributed by atoms with van der Waals surface area (Å²) >= 11 is 6.67. The molecule has 1 aromatic carbocycles. The lowest BCUT2D eigenvalue weighted by atomic mass is 10.0. The van der Waals surface area contributed by atoms with Crippen LogP contribution in [0.5, 0.6) is 11.5 Å². The third-order valence-corrected chi connectivity index (χ3v) is 5.15. The fourth-order valence-electron chi connectivity index (χ4n) is 3.44. The van der Waals surface area contributed by atoms with Crippen LogP contribution in [-0.2, 0) is 4.74 Å². The van der Waals surface area contributed by atoms with Gasteiger partial charge in [0.15, 0.2) is 11.5 Å². The first kappa shape index (κ1) is 21.9. The van der Waals surface area contributed by atoms with Crippen molar-refractivity contribution >= 4 is 23.4 Å². The van der Waals surface area contributed by atoms with Crippen molar-refractivity contribution in [2.45, 2.75) is 32.2 Å². The average molecular weight is 432 g/mol. The molecule has 1 unspecified atom stereocenters. The minimum Gasteiger partial charge on any atom is -0.493 e. The minimum absolute atomic E-state index is 0.171. The molecule has 2 heterocycles. The van der Waals surface area contributed by atoms with E-state index in [4.69, 9.17) is 36.8 Å². The number of halogens is 1. The summed E-state index contributed by atoms with van der Waals surface area (Å²) in [7, 11) is 1.59. The molecule has 0 spiro atoms. The van der Waals surface area contributed by atoms with Gasteiger partial charge in [-0.25, -0.2) is 4.98 Å². The topological polar surface area (TPSA) is 107 Å². The zero-order valence-corrected chi connectivity index (χ0v) is 18.0. The number of aromatic nitrogens is 2. The third-order valence-electron chi connectivity index (χ3n) is 4.82. The van der Waals surface area contributed by atoms with E-state index in [2.05, 4.69) is 20.9 Å². The van der Waals surface area contributed by atoms with Crippen molar-refractivity contribution in [1.82, 2.24) is 9.97 Å². The van der Waals surface area contributed by atoms with Crippen LogP contribution in [0, 0.1) is 18.3 Å². The molecule has 1 aromatic heterocycles. The Hall–Kier alpha value is -2.76. The molecule has 0 bridgehead atoms. The van der Waals surface area contributed by atoms with Crippen LogP contribution in [0.3, 0.4) is 0 Å². The summed E-state index contributed by atoms with van der Waals surface area (Å²) < 4.78 is 17.2. The Morgan fingerprint density at radius 1 is 1.33 bits per heavy atom. The van der Waals surface area contributed by atoms with E-state index in [9.17, 15) is 0 Å². The maximum absolute atomic E-state index is 8.68. The lowest BCUT2D eigenvalue weighted by Gasteiger charge is -2.32. The summed E-state index contributed by atoms with van der Waals surface area (Å²) in [5.41, 5.74) is 7.54. The van der Waals surface area contributed by atoms with Crippen LogP contribution in [0.25, 0.3) is 0 Å². The molecule has 2 N–H and O–H groups in total. The maximum Gasteiger partial charge on any atom is 0.222 e. The van der Waals surface area contributed by atoms with Crippen LogP contribution in [0.4, 0.5) is 11.8 Å². The Morgan fingerprint density at radius 3 is 2.90 bits per heavy atom. The molecular weight excluding hydrogens is 406 g/mol. The highest BCUT2D eigenvalue weighted by atomic mass is 35.5. The van der Waals surface area contributed by atoms with E-state index in [1.165, 1.54) is 0 Å². The number of nitrogens with two attached hydrogens (primary N) is 1. The highest BCUT2D eigenvalue weighted by molar-refractivity contribution is 6.31. The van der Waals surface area contributed by atoms with E-state index in [0.29, 0.717) is 49.2 Å². The number of aryl methyl sites for hydroxylation is 1. The lowest BCUT2D eigenvalue weighted by molar-refractivity contribution is 0.134. The van der Waals surface area contributed by atoms with Gasteiger partial charge in [-0.2, -0.15) is 10.2 Å². The summed E-state index contributed by atoms with van der Waals surface area (Å²) in [6.07, 6.45) is 1.93. The predicted octanol–water partition coefficient (Wildman–Crippen LogP) is 3.68. The first-order valence-corrected chi connectivity index (χ1v) is 10.2. The number of unbranched alkanes of at least 4 members (excludes halogenated alkanes) is 1. The molecule has 1 aliphatic rings. The van der Waals surface area contributed by atoms with Crippen molar-refractivity contribution in [2.24, 2.45) is 0 Å². The number of nitrogens with zero attached hydrogens (tertiary/aromatic N) is 4. The molecule has 1 atom stereocenters. The fourth-order valence-corrected chi connectivity index (χ4v) is 3.72. The Kier molecular flexibility index (Phi) is 7.55. The SMILES string of the molecule is COc1cc(C2COCCCN2c2cc(C)nc(N)n2)c(Cl)cc1OCCCC#N. The Balaban J connectivity index is 1.94. The molecule has 1 saturated heterocycles. The van der Waals surface area contributed by atoms with Gasteiger partial charge in [0.25, 0.3) is 0 Å². The van der Waals surface area contributed by atoms with Gasteiger partial charge in [-0.3, -0.25) is 0 Å². The normalized spacial score (nSPS) is 16.6. The molecule has 3 rings (SSSR count). The highest BCUT2D eigenvalue weighted by Crippen LogP contribution is 2.39. The average Bonchev–Trinajstić information content (AvgIpc) is 2.96. The van der Waals surface area contributed by atoms with Crippen LogP contribution < -0.4 is 20.1 Å². The predicted molar refractivity (Wildman–Crippen MR) is 115 cm³/mol. The van der Waals surface area contributed by atoms with Gasteiger partial charge in [-0.1, -0.05) is 11.6 Å². The monoisotopic (exact) mass is 431 g/mol. The summed E-state index contributed by atoms with van der Waals surface area (Å²) in [6.45, 7) is 4.15. The highest BCUT2D eigenvalue weighted by Gasteiger charge is 2.28. The van der Waals surface area contributed by atoms with Crippen LogP contribution in [0.2, 0.25) is 5.02 Å². The van der Waals surface area contributed by atoms with E-state index >= 15 is 0 Å². The van der Waals surface area contributed by atoms with Crippen LogP contribution in [-0.4, -0.2) is 43.4 Å². The first-order chi connectivity index (χ1) is 14.5. The second-order valence-corrected chi connectivity index (χ2v) is 7.41. The summed E-state index contributed by atoms with van der Waals surface area (Å²) in [5.74, 6) is 2.10. The van der Waals surface area contributed by atoms with Gasteiger partial charge >= 0.3 is 0 Å². The van der Waals surface area contributed by atoms with Crippen LogP contribution in [0.1, 0.15) is 36.6 Å². The summed E-state index contributed by atoms with van der Waals surface area (Å²) in [5, 5.41) is 9.23. The minimum atomic E-state index is -0.171. The molecule has 1 fully saturated rings. The van der Waals surface area contributed by atoms with Crippen molar-refractivity contribution in [3.63, 3.8) is 0 Å². The number of benzene rings is 1. The number of anilines is 2. The van der Waals surface area contributed by atoms with E-state index in [1.807, 2.05) is 19.1 Å². The zero-order chi connectivity index (χ0) is 21.5. The van der Waals surface area contributed by atoms with Gasteiger partial charge in [0.1, 0.15) is 5.82 Å². The Labute approximate surface area is 181 Å². The zero-order valence-electron chi connectivity index (χ0n) is 17.2. The molecular formula is C21H26ClN5O3. The van der Waals surface area contributed by atoms with E-state index in [0.717, 1.165) is 30.0 Å². The summed E-state index contributed by atoms with van der Waals surface area (Å²) in [6, 6.07) is 7.48. The van der Waals surface area contributed by atoms with Crippen molar-refractivity contribution in [2.75, 3.05) is 44.1 Å². The van der Waals surface area contributed by atoms with Crippen molar-refractivity contribution in [3.05, 3.63) is 34.5 Å². The number of nitriles is 1. The summed E-state index contributed by atoms with van der Waals surface area (Å²) in [4.78, 5) is 10.8. The standard InChI is InChI=1S/C21H26ClN5O3/c1-14-10-20(26-21(24)25-14)27-7-5-8-29-13-17(27)15-11-18(28-2)19(12-16(15)22)30-9-4-3-6-23/h10-12,17H,3-5,7-9,13H2,1-2H3,(H2,24,25,26). The fraction of sp³-hybridized carbons (Fsp3) is 0.476. The lowest BCUT2D eigenvalue weighted by Crippen LogP contribution is -2.32. The number of hydrogen-bond donors (Lipinski definition) is 1. The van der Waals surface area contributed by atoms with E-state index in [1.54, 1.807) is 13.2 Å². The van der Waals surface area contributed by atoms with E-state index < -0.39 is 0 Å². The second kappa shape index (κ2) is 10.3. The number of rotatable bonds is 7. The van der Waals surface area contributed by atoms with Crippen LogP contribution in [0.15, 0.2) is 18.2 Å². The molecule has 0 saturated carbocycles. The van der Waals surface area contributed by atoms with Gasteiger partial charge in [0, 0.05) is 42.4 Å². The van der Waals surface area contributed by atoms with Crippen molar-refractivity contribution in [1.29, 1.82) is 5.26 Å².